The summed E-state index contributed by atoms with van der Waals surface area (Å²) in [6.07, 6.45) is 0.561. The number of hydrogen-bond acceptors (Lipinski definition) is 3. The van der Waals surface area contributed by atoms with Crippen molar-refractivity contribution in [2.75, 3.05) is 22.8 Å². The van der Waals surface area contributed by atoms with Crippen molar-refractivity contribution in [2.45, 2.75) is 13.3 Å². The van der Waals surface area contributed by atoms with Crippen LogP contribution in [0, 0.1) is 0 Å². The van der Waals surface area contributed by atoms with Gasteiger partial charge >= 0.3 is 6.03 Å². The highest BCUT2D eigenvalue weighted by Crippen LogP contribution is 2.15. The maximum absolute atomic E-state index is 11.5. The molecule has 1 rings (SSSR count). The molecule has 6 nitrogen and oxygen atoms in total. The predicted molar refractivity (Wildman–Crippen MR) is 72.2 cm³/mol. The van der Waals surface area contributed by atoms with Crippen LogP contribution in [0.4, 0.5) is 16.2 Å². The Labute approximate surface area is 107 Å². The van der Waals surface area contributed by atoms with E-state index in [-0.39, 0.29) is 11.8 Å². The van der Waals surface area contributed by atoms with Gasteiger partial charge in [-0.15, -0.1) is 0 Å². The molecule has 0 unspecified atom stereocenters. The Morgan fingerprint density at radius 3 is 2.22 bits per heavy atom. The van der Waals surface area contributed by atoms with E-state index in [9.17, 15) is 13.2 Å². The zero-order valence-corrected chi connectivity index (χ0v) is 11.2. The molecule has 0 heterocycles. The molecule has 0 bridgehead atoms. The summed E-state index contributed by atoms with van der Waals surface area (Å²) in [6.45, 7) is 1.80. The van der Waals surface area contributed by atoms with Crippen molar-refractivity contribution in [1.82, 2.24) is 5.32 Å². The monoisotopic (exact) mass is 271 g/mol. The second-order valence-corrected chi connectivity index (χ2v) is 5.54. The molecule has 0 saturated carbocycles. The Morgan fingerprint density at radius 2 is 1.72 bits per heavy atom. The van der Waals surface area contributed by atoms with Crippen molar-refractivity contribution < 1.29 is 13.2 Å². The van der Waals surface area contributed by atoms with Crippen LogP contribution in [0.5, 0.6) is 0 Å². The third kappa shape index (κ3) is 4.62. The van der Waals surface area contributed by atoms with Gasteiger partial charge in [0.05, 0.1) is 5.75 Å². The summed E-state index contributed by atoms with van der Waals surface area (Å²) in [7, 11) is -1.76. The minimum absolute atomic E-state index is 0.0885. The topological polar surface area (TPSA) is 87.3 Å². The van der Waals surface area contributed by atoms with E-state index in [1.54, 1.807) is 31.2 Å². The van der Waals surface area contributed by atoms with Crippen molar-refractivity contribution in [3.05, 3.63) is 24.3 Å². The van der Waals surface area contributed by atoms with Crippen molar-refractivity contribution >= 4 is 27.4 Å². The number of anilines is 2. The van der Waals surface area contributed by atoms with Gasteiger partial charge in [0.2, 0.25) is 10.0 Å². The quantitative estimate of drug-likeness (QED) is 0.760. The molecule has 0 aliphatic rings. The van der Waals surface area contributed by atoms with Gasteiger partial charge in [0.15, 0.2) is 0 Å². The molecule has 0 aromatic heterocycles. The average molecular weight is 271 g/mol. The van der Waals surface area contributed by atoms with E-state index in [0.717, 1.165) is 0 Å². The largest absolute Gasteiger partial charge is 0.341 e. The van der Waals surface area contributed by atoms with Crippen LogP contribution in [-0.2, 0) is 10.0 Å². The number of benzene rings is 1. The lowest BCUT2D eigenvalue weighted by Gasteiger charge is -2.08. The van der Waals surface area contributed by atoms with Crippen molar-refractivity contribution in [2.24, 2.45) is 0 Å². The average Bonchev–Trinajstić information content (AvgIpc) is 2.31. The van der Waals surface area contributed by atoms with Crippen LogP contribution in [0.25, 0.3) is 0 Å². The first kappa shape index (κ1) is 14.3. The fourth-order valence-electron chi connectivity index (χ4n) is 1.31. The number of urea groups is 1. The zero-order chi connectivity index (χ0) is 13.6. The fraction of sp³-hybridized carbons (Fsp3) is 0.364. The molecule has 100 valence electrons. The first-order valence-corrected chi connectivity index (χ1v) is 7.21. The van der Waals surface area contributed by atoms with Gasteiger partial charge in [0.25, 0.3) is 0 Å². The van der Waals surface area contributed by atoms with Gasteiger partial charge in [-0.3, -0.25) is 4.72 Å². The van der Waals surface area contributed by atoms with Crippen molar-refractivity contribution in [3.8, 4) is 0 Å². The lowest BCUT2D eigenvalue weighted by Crippen LogP contribution is -2.24. The van der Waals surface area contributed by atoms with Gasteiger partial charge in [-0.2, -0.15) is 0 Å². The number of carbonyl (C=O) groups is 1. The Hall–Kier alpha value is -1.76. The molecule has 0 spiro atoms. The van der Waals surface area contributed by atoms with Crippen LogP contribution >= 0.6 is 0 Å². The minimum atomic E-state index is -3.27. The lowest BCUT2D eigenvalue weighted by molar-refractivity contribution is 0.254. The summed E-state index contributed by atoms with van der Waals surface area (Å²) in [5, 5.41) is 5.00. The molecule has 18 heavy (non-hydrogen) atoms. The summed E-state index contributed by atoms with van der Waals surface area (Å²) in [6, 6.07) is 6.11. The standard InChI is InChI=1S/C11H17N3O3S/c1-3-8-18(16,17)14-10-6-4-9(5-7-10)13-11(15)12-2/h4-7,14H,3,8H2,1-2H3,(H2,12,13,15). The number of rotatable bonds is 5. The summed E-state index contributed by atoms with van der Waals surface area (Å²) in [5.74, 6) is 0.0885. The fourth-order valence-corrected chi connectivity index (χ4v) is 2.45. The second-order valence-electron chi connectivity index (χ2n) is 3.70. The van der Waals surface area contributed by atoms with Gasteiger partial charge in [-0.05, 0) is 30.7 Å². The second kappa shape index (κ2) is 6.25. The normalized spacial score (nSPS) is 10.8. The Balaban J connectivity index is 2.69. The maximum Gasteiger partial charge on any atom is 0.318 e. The van der Waals surface area contributed by atoms with E-state index in [0.29, 0.717) is 17.8 Å². The molecular formula is C11H17N3O3S. The molecule has 0 aliphatic heterocycles. The summed E-state index contributed by atoms with van der Waals surface area (Å²) >= 11 is 0. The molecule has 3 N–H and O–H groups in total. The molecule has 1 aromatic rings. The number of hydrogen-bond donors (Lipinski definition) is 3. The smallest absolute Gasteiger partial charge is 0.318 e. The Morgan fingerprint density at radius 1 is 1.17 bits per heavy atom. The number of sulfonamides is 1. The molecule has 7 heteroatoms. The Bertz CT molecular complexity index is 497. The third-order valence-corrected chi connectivity index (χ3v) is 3.61. The number of nitrogens with one attached hydrogen (secondary N) is 3. The van der Waals surface area contributed by atoms with Gasteiger partial charge < -0.3 is 10.6 Å². The van der Waals surface area contributed by atoms with Crippen LogP contribution in [0.1, 0.15) is 13.3 Å². The van der Waals surface area contributed by atoms with Gasteiger partial charge in [-0.25, -0.2) is 13.2 Å². The molecule has 0 aliphatic carbocycles. The van der Waals surface area contributed by atoms with Gasteiger partial charge in [-0.1, -0.05) is 6.92 Å². The Kier molecular flexibility index (Phi) is 4.96. The van der Waals surface area contributed by atoms with Gasteiger partial charge in [0.1, 0.15) is 0 Å². The van der Waals surface area contributed by atoms with Crippen molar-refractivity contribution in [1.29, 1.82) is 0 Å². The van der Waals surface area contributed by atoms with Gasteiger partial charge in [0, 0.05) is 18.4 Å². The van der Waals surface area contributed by atoms with E-state index in [1.165, 1.54) is 7.05 Å². The van der Waals surface area contributed by atoms with Crippen LogP contribution in [0.15, 0.2) is 24.3 Å². The lowest BCUT2D eigenvalue weighted by atomic mass is 10.3. The first-order valence-electron chi connectivity index (χ1n) is 5.56. The highest BCUT2D eigenvalue weighted by atomic mass is 32.2. The molecule has 0 radical (unpaired) electrons. The SMILES string of the molecule is CCCS(=O)(=O)Nc1ccc(NC(=O)NC)cc1. The summed E-state index contributed by atoms with van der Waals surface area (Å²) in [4.78, 5) is 11.0. The predicted octanol–water partition coefficient (Wildman–Crippen LogP) is 1.59. The number of carbonyl (C=O) groups excluding carboxylic acids is 1. The molecule has 0 fully saturated rings. The van der Waals surface area contributed by atoms with E-state index in [1.807, 2.05) is 0 Å². The van der Waals surface area contributed by atoms with Crippen LogP contribution in [0.2, 0.25) is 0 Å². The van der Waals surface area contributed by atoms with Crippen LogP contribution in [0.3, 0.4) is 0 Å². The molecular weight excluding hydrogens is 254 g/mol. The van der Waals surface area contributed by atoms with Crippen LogP contribution in [-0.4, -0.2) is 27.2 Å². The number of amides is 2. The van der Waals surface area contributed by atoms with Crippen LogP contribution < -0.4 is 15.4 Å². The first-order chi connectivity index (χ1) is 8.46. The van der Waals surface area contributed by atoms with E-state index < -0.39 is 10.0 Å². The molecule has 0 saturated heterocycles. The van der Waals surface area contributed by atoms with E-state index in [4.69, 9.17) is 0 Å². The minimum Gasteiger partial charge on any atom is -0.341 e. The summed E-state index contributed by atoms with van der Waals surface area (Å²) < 4.78 is 25.5. The van der Waals surface area contributed by atoms with E-state index >= 15 is 0 Å². The maximum atomic E-state index is 11.5. The van der Waals surface area contributed by atoms with E-state index in [2.05, 4.69) is 15.4 Å². The molecule has 2 amide bonds. The molecule has 0 atom stereocenters. The third-order valence-electron chi connectivity index (χ3n) is 2.12. The highest BCUT2D eigenvalue weighted by Gasteiger charge is 2.08. The zero-order valence-electron chi connectivity index (χ0n) is 10.4. The summed E-state index contributed by atoms with van der Waals surface area (Å²) in [5.41, 5.74) is 1.07. The molecule has 1 aromatic carbocycles. The highest BCUT2D eigenvalue weighted by molar-refractivity contribution is 7.92. The van der Waals surface area contributed by atoms with Crippen molar-refractivity contribution in [3.63, 3.8) is 0 Å².